The van der Waals surface area contributed by atoms with Gasteiger partial charge in [0.05, 0.1) is 6.54 Å². The third kappa shape index (κ3) is 2.88. The van der Waals surface area contributed by atoms with Crippen molar-refractivity contribution in [3.8, 4) is 11.1 Å². The monoisotopic (exact) mass is 352 g/mol. The van der Waals surface area contributed by atoms with Crippen molar-refractivity contribution in [3.05, 3.63) is 70.1 Å². The van der Waals surface area contributed by atoms with E-state index >= 15 is 0 Å². The van der Waals surface area contributed by atoms with Gasteiger partial charge in [-0.05, 0) is 27.8 Å². The molecule has 2 aromatic rings. The van der Waals surface area contributed by atoms with Crippen molar-refractivity contribution in [2.24, 2.45) is 10.8 Å². The fourth-order valence-corrected chi connectivity index (χ4v) is 3.09. The molecule has 0 saturated carbocycles. The quantitative estimate of drug-likeness (QED) is 0.270. The number of nitrogens with zero attached hydrogens (tertiary/aromatic N) is 3. The number of azide groups is 1. The minimum atomic E-state index is -2.41. The maximum Gasteiger partial charge on any atom is 0.338 e. The van der Waals surface area contributed by atoms with Gasteiger partial charge in [0.2, 0.25) is 5.54 Å². The second kappa shape index (κ2) is 6.87. The summed E-state index contributed by atoms with van der Waals surface area (Å²) in [6, 6.07) is 15.5. The highest BCUT2D eigenvalue weighted by atomic mass is 16.5. The van der Waals surface area contributed by atoms with Crippen LogP contribution in [0.2, 0.25) is 0 Å². The molecule has 0 fully saturated rings. The van der Waals surface area contributed by atoms with Gasteiger partial charge in [-0.15, -0.1) is 0 Å². The molecule has 132 valence electrons. The maximum absolute atomic E-state index is 12.3. The first-order chi connectivity index (χ1) is 12.5. The molecule has 2 aromatic carbocycles. The first kappa shape index (κ1) is 17.5. The van der Waals surface area contributed by atoms with E-state index in [9.17, 15) is 14.7 Å². The molecule has 26 heavy (non-hydrogen) atoms. The molecular weight excluding hydrogens is 336 g/mol. The summed E-state index contributed by atoms with van der Waals surface area (Å²) in [7, 11) is 0. The Morgan fingerprint density at radius 3 is 2.19 bits per heavy atom. The van der Waals surface area contributed by atoms with Crippen molar-refractivity contribution in [1.29, 1.82) is 0 Å². The maximum atomic E-state index is 12.3. The van der Waals surface area contributed by atoms with Gasteiger partial charge in [-0.1, -0.05) is 53.6 Å². The molecule has 1 aliphatic carbocycles. The van der Waals surface area contributed by atoms with Crippen molar-refractivity contribution >= 4 is 11.9 Å². The summed E-state index contributed by atoms with van der Waals surface area (Å²) >= 11 is 0. The third-order valence-electron chi connectivity index (χ3n) is 4.47. The van der Waals surface area contributed by atoms with Gasteiger partial charge in [0.15, 0.2) is 0 Å². The second-order valence-electron chi connectivity index (χ2n) is 5.99. The summed E-state index contributed by atoms with van der Waals surface area (Å²) in [6.45, 7) is -0.787. The van der Waals surface area contributed by atoms with E-state index in [1.165, 1.54) is 0 Å². The Bertz CT molecular complexity index is 877. The predicted molar refractivity (Wildman–Crippen MR) is 93.2 cm³/mol. The lowest BCUT2D eigenvalue weighted by atomic mass is 9.97. The molecule has 8 nitrogen and oxygen atoms in total. The van der Waals surface area contributed by atoms with E-state index in [0.717, 1.165) is 22.3 Å². The molecule has 0 radical (unpaired) electrons. The fraction of sp³-hybridized carbons (Fsp3) is 0.222. The highest BCUT2D eigenvalue weighted by Crippen LogP contribution is 2.44. The van der Waals surface area contributed by atoms with Crippen molar-refractivity contribution in [2.45, 2.75) is 11.5 Å². The normalized spacial score (nSPS) is 14.5. The summed E-state index contributed by atoms with van der Waals surface area (Å²) in [5.74, 6) is -2.97. The molecular formula is C18H16N4O4. The van der Waals surface area contributed by atoms with Crippen LogP contribution in [-0.4, -0.2) is 35.7 Å². The van der Waals surface area contributed by atoms with Crippen LogP contribution < -0.4 is 5.73 Å². The number of hydrogen-bond acceptors (Lipinski definition) is 5. The highest BCUT2D eigenvalue weighted by Gasteiger charge is 2.44. The molecule has 0 amide bonds. The van der Waals surface area contributed by atoms with Gasteiger partial charge in [0, 0.05) is 10.8 Å². The molecule has 0 bridgehead atoms. The topological polar surface area (TPSA) is 138 Å². The van der Waals surface area contributed by atoms with E-state index < -0.39 is 24.0 Å². The molecule has 0 saturated heterocycles. The van der Waals surface area contributed by atoms with Crippen LogP contribution in [0.4, 0.5) is 0 Å². The second-order valence-corrected chi connectivity index (χ2v) is 5.99. The van der Waals surface area contributed by atoms with Crippen LogP contribution in [-0.2, 0) is 14.3 Å². The third-order valence-corrected chi connectivity index (χ3v) is 4.47. The highest BCUT2D eigenvalue weighted by molar-refractivity contribution is 6.04. The van der Waals surface area contributed by atoms with E-state index in [2.05, 4.69) is 10.0 Å². The number of esters is 1. The van der Waals surface area contributed by atoms with Gasteiger partial charge in [0.1, 0.15) is 6.61 Å². The Morgan fingerprint density at radius 2 is 1.69 bits per heavy atom. The summed E-state index contributed by atoms with van der Waals surface area (Å²) in [4.78, 5) is 26.1. The predicted octanol–water partition coefficient (Wildman–Crippen LogP) is 2.43. The summed E-state index contributed by atoms with van der Waals surface area (Å²) in [5, 5.41) is 12.3. The minimum absolute atomic E-state index is 0.0602. The molecule has 8 heteroatoms. The first-order valence-corrected chi connectivity index (χ1v) is 7.87. The van der Waals surface area contributed by atoms with Crippen LogP contribution in [0.25, 0.3) is 21.6 Å². The first-order valence-electron chi connectivity index (χ1n) is 7.87. The molecule has 1 aliphatic rings. The molecule has 0 spiro atoms. The van der Waals surface area contributed by atoms with Crippen LogP contribution in [0.1, 0.15) is 17.0 Å². The van der Waals surface area contributed by atoms with E-state index in [0.29, 0.717) is 0 Å². The Labute approximate surface area is 148 Å². The summed E-state index contributed by atoms with van der Waals surface area (Å²) in [6.07, 6.45) is 0. The van der Waals surface area contributed by atoms with Crippen molar-refractivity contribution < 1.29 is 19.4 Å². The van der Waals surface area contributed by atoms with Gasteiger partial charge >= 0.3 is 11.9 Å². The Hall–Kier alpha value is -3.35. The molecule has 3 N–H and O–H groups in total. The van der Waals surface area contributed by atoms with E-state index in [-0.39, 0.29) is 12.5 Å². The van der Waals surface area contributed by atoms with Gasteiger partial charge in [-0.2, -0.15) is 0 Å². The average Bonchev–Trinajstić information content (AvgIpc) is 2.98. The SMILES string of the molecule is [N-]=[N+]=NC[C@@](N)(C(=O)O)C(=O)OCC1c2ccccc2-c2ccccc21. The molecule has 0 unspecified atom stereocenters. The van der Waals surface area contributed by atoms with E-state index in [4.69, 9.17) is 16.0 Å². The largest absolute Gasteiger partial charge is 0.479 e. The minimum Gasteiger partial charge on any atom is -0.479 e. The zero-order valence-corrected chi connectivity index (χ0v) is 13.7. The summed E-state index contributed by atoms with van der Waals surface area (Å²) in [5.41, 5.74) is 15.7. The molecule has 0 heterocycles. The number of carbonyl (C=O) groups is 2. The van der Waals surface area contributed by atoms with E-state index in [1.54, 1.807) is 0 Å². The van der Waals surface area contributed by atoms with Gasteiger partial charge in [-0.25, -0.2) is 9.59 Å². The van der Waals surface area contributed by atoms with Crippen LogP contribution in [0, 0.1) is 0 Å². The Kier molecular flexibility index (Phi) is 4.62. The lowest BCUT2D eigenvalue weighted by Crippen LogP contribution is -2.58. The van der Waals surface area contributed by atoms with Gasteiger partial charge in [0.25, 0.3) is 0 Å². The van der Waals surface area contributed by atoms with Gasteiger partial charge < -0.3 is 15.6 Å². The smallest absolute Gasteiger partial charge is 0.338 e. The molecule has 0 aromatic heterocycles. The van der Waals surface area contributed by atoms with Crippen LogP contribution in [0.5, 0.6) is 0 Å². The van der Waals surface area contributed by atoms with Crippen molar-refractivity contribution in [1.82, 2.24) is 0 Å². The number of benzene rings is 2. The zero-order chi connectivity index (χ0) is 18.7. The Balaban J connectivity index is 1.84. The zero-order valence-electron chi connectivity index (χ0n) is 13.7. The fourth-order valence-electron chi connectivity index (χ4n) is 3.09. The van der Waals surface area contributed by atoms with Crippen LogP contribution >= 0.6 is 0 Å². The van der Waals surface area contributed by atoms with Crippen molar-refractivity contribution in [2.75, 3.05) is 13.2 Å². The van der Waals surface area contributed by atoms with Crippen LogP contribution in [0.3, 0.4) is 0 Å². The molecule has 1 atom stereocenters. The lowest BCUT2D eigenvalue weighted by Gasteiger charge is -2.22. The number of aliphatic carboxylic acids is 1. The number of fused-ring (bicyclic) bond motifs is 3. The van der Waals surface area contributed by atoms with E-state index in [1.807, 2.05) is 48.5 Å². The number of carboxylic acids is 1. The average molecular weight is 352 g/mol. The number of rotatable bonds is 6. The molecule has 0 aliphatic heterocycles. The summed E-state index contributed by atoms with van der Waals surface area (Å²) < 4.78 is 5.24. The number of hydrogen-bond donors (Lipinski definition) is 2. The standard InChI is InChI=1S/C18H16N4O4/c19-18(16(23)24,10-21-22-20)17(25)26-9-15-13-7-3-1-5-11(13)12-6-2-4-8-14(12)15/h1-8,15H,9-10,19H2,(H,23,24)/t18-/m1/s1. The molecule has 3 rings (SSSR count). The number of nitrogens with two attached hydrogens (primary N) is 1. The van der Waals surface area contributed by atoms with Crippen LogP contribution in [0.15, 0.2) is 53.6 Å². The van der Waals surface area contributed by atoms with Crippen molar-refractivity contribution in [3.63, 3.8) is 0 Å². The number of carboxylic acid groups (broad SMARTS) is 1. The Morgan fingerprint density at radius 1 is 1.15 bits per heavy atom. The lowest BCUT2D eigenvalue weighted by molar-refractivity contribution is -0.160. The van der Waals surface area contributed by atoms with Gasteiger partial charge in [-0.3, -0.25) is 0 Å². The number of ether oxygens (including phenoxy) is 1. The number of carbonyl (C=O) groups excluding carboxylic acids is 1.